The number of halogens is 1. The Kier molecular flexibility index (Phi) is 4.32. The molecule has 0 spiro atoms. The Hall–Kier alpha value is -2.44. The number of benzene rings is 2. The number of urea groups is 1. The Balaban J connectivity index is 1.66. The molecule has 0 saturated heterocycles. The first-order chi connectivity index (χ1) is 10.7. The van der Waals surface area contributed by atoms with Crippen LogP contribution in [0.15, 0.2) is 54.6 Å². The van der Waals surface area contributed by atoms with Gasteiger partial charge in [0.1, 0.15) is 5.01 Å². The van der Waals surface area contributed by atoms with Gasteiger partial charge in [0.2, 0.25) is 5.13 Å². The van der Waals surface area contributed by atoms with Gasteiger partial charge in [-0.05, 0) is 18.2 Å². The summed E-state index contributed by atoms with van der Waals surface area (Å²) in [6.07, 6.45) is 0. The van der Waals surface area contributed by atoms with Crippen LogP contribution < -0.4 is 10.6 Å². The van der Waals surface area contributed by atoms with E-state index in [1.54, 1.807) is 24.3 Å². The average Bonchev–Trinajstić information content (AvgIpc) is 2.96. The molecule has 3 aromatic rings. The van der Waals surface area contributed by atoms with Gasteiger partial charge in [-0.15, -0.1) is 10.2 Å². The normalized spacial score (nSPS) is 10.2. The number of amides is 2. The zero-order chi connectivity index (χ0) is 15.4. The molecule has 0 saturated carbocycles. The maximum Gasteiger partial charge on any atom is 0.325 e. The minimum absolute atomic E-state index is 0.391. The van der Waals surface area contributed by atoms with Crippen LogP contribution in [0.2, 0.25) is 5.02 Å². The number of anilines is 2. The number of carbonyl (C=O) groups excluding carboxylic acids is 1. The Morgan fingerprint density at radius 3 is 2.59 bits per heavy atom. The minimum atomic E-state index is -0.391. The van der Waals surface area contributed by atoms with Crippen molar-refractivity contribution < 1.29 is 4.79 Å². The minimum Gasteiger partial charge on any atom is -0.308 e. The number of carbonyl (C=O) groups is 1. The monoisotopic (exact) mass is 330 g/mol. The third-order valence-electron chi connectivity index (χ3n) is 2.75. The number of nitrogens with zero attached hydrogens (tertiary/aromatic N) is 2. The highest BCUT2D eigenvalue weighted by Crippen LogP contribution is 2.26. The molecule has 1 heterocycles. The zero-order valence-electron chi connectivity index (χ0n) is 11.3. The molecule has 1 aromatic heterocycles. The van der Waals surface area contributed by atoms with Crippen molar-refractivity contribution in [1.29, 1.82) is 0 Å². The molecular formula is C15H11ClN4OS. The second kappa shape index (κ2) is 6.55. The molecule has 0 fully saturated rings. The van der Waals surface area contributed by atoms with Crippen molar-refractivity contribution in [3.05, 3.63) is 59.6 Å². The number of hydrogen-bond acceptors (Lipinski definition) is 4. The highest BCUT2D eigenvalue weighted by atomic mass is 35.5. The van der Waals surface area contributed by atoms with Gasteiger partial charge in [-0.25, -0.2) is 4.79 Å². The second-order valence-corrected chi connectivity index (χ2v) is 5.78. The third-order valence-corrected chi connectivity index (χ3v) is 3.87. The molecule has 0 radical (unpaired) electrons. The van der Waals surface area contributed by atoms with Crippen LogP contribution >= 0.6 is 22.9 Å². The van der Waals surface area contributed by atoms with E-state index in [1.165, 1.54) is 11.3 Å². The van der Waals surface area contributed by atoms with Gasteiger partial charge in [0.05, 0.1) is 0 Å². The summed E-state index contributed by atoms with van der Waals surface area (Å²) < 4.78 is 0. The van der Waals surface area contributed by atoms with Gasteiger partial charge in [0.25, 0.3) is 0 Å². The van der Waals surface area contributed by atoms with E-state index >= 15 is 0 Å². The summed E-state index contributed by atoms with van der Waals surface area (Å²) >= 11 is 7.18. The lowest BCUT2D eigenvalue weighted by molar-refractivity contribution is 0.262. The van der Waals surface area contributed by atoms with Crippen molar-refractivity contribution in [1.82, 2.24) is 10.2 Å². The van der Waals surface area contributed by atoms with E-state index < -0.39 is 6.03 Å². The van der Waals surface area contributed by atoms with Crippen molar-refractivity contribution >= 4 is 39.8 Å². The van der Waals surface area contributed by atoms with E-state index in [9.17, 15) is 4.79 Å². The standard InChI is InChI=1S/C15H11ClN4OS/c16-11-7-4-8-12(9-11)17-14(21)18-15-20-19-13(22-15)10-5-2-1-3-6-10/h1-9H,(H2,17,18,20,21). The van der Waals surface area contributed by atoms with Crippen LogP contribution in [0.5, 0.6) is 0 Å². The molecule has 7 heteroatoms. The molecule has 2 aromatic carbocycles. The number of hydrogen-bond donors (Lipinski definition) is 2. The van der Waals surface area contributed by atoms with Crippen LogP contribution in [-0.2, 0) is 0 Å². The molecule has 2 N–H and O–H groups in total. The van der Waals surface area contributed by atoms with E-state index in [2.05, 4.69) is 20.8 Å². The van der Waals surface area contributed by atoms with Gasteiger partial charge in [0.15, 0.2) is 0 Å². The van der Waals surface area contributed by atoms with Crippen LogP contribution in [0, 0.1) is 0 Å². The predicted molar refractivity (Wildman–Crippen MR) is 89.4 cm³/mol. The molecule has 0 bridgehead atoms. The first-order valence-corrected chi connectivity index (χ1v) is 7.63. The summed E-state index contributed by atoms with van der Waals surface area (Å²) in [5, 5.41) is 15.1. The van der Waals surface area contributed by atoms with Gasteiger partial charge in [-0.2, -0.15) is 0 Å². The van der Waals surface area contributed by atoms with E-state index in [1.807, 2.05) is 30.3 Å². The summed E-state index contributed by atoms with van der Waals surface area (Å²) in [7, 11) is 0. The smallest absolute Gasteiger partial charge is 0.308 e. The molecule has 3 rings (SSSR count). The lowest BCUT2D eigenvalue weighted by Gasteiger charge is -2.04. The van der Waals surface area contributed by atoms with Gasteiger partial charge >= 0.3 is 6.03 Å². The van der Waals surface area contributed by atoms with Crippen molar-refractivity contribution in [3.63, 3.8) is 0 Å². The van der Waals surface area contributed by atoms with Gasteiger partial charge in [0, 0.05) is 16.3 Å². The van der Waals surface area contributed by atoms with Crippen LogP contribution in [0.25, 0.3) is 10.6 Å². The summed E-state index contributed by atoms with van der Waals surface area (Å²) in [6.45, 7) is 0. The molecule has 0 aliphatic carbocycles. The molecule has 22 heavy (non-hydrogen) atoms. The molecule has 0 atom stereocenters. The Labute approximate surface area is 136 Å². The number of aromatic nitrogens is 2. The van der Waals surface area contributed by atoms with Crippen LogP contribution in [0.3, 0.4) is 0 Å². The largest absolute Gasteiger partial charge is 0.325 e. The molecule has 0 aliphatic rings. The highest BCUT2D eigenvalue weighted by molar-refractivity contribution is 7.18. The van der Waals surface area contributed by atoms with E-state index in [0.717, 1.165) is 10.6 Å². The molecule has 0 aliphatic heterocycles. The molecular weight excluding hydrogens is 320 g/mol. The van der Waals surface area contributed by atoms with E-state index in [4.69, 9.17) is 11.6 Å². The van der Waals surface area contributed by atoms with Crippen LogP contribution in [0.1, 0.15) is 0 Å². The average molecular weight is 331 g/mol. The SMILES string of the molecule is O=C(Nc1cccc(Cl)c1)Nc1nnc(-c2ccccc2)s1. The first-order valence-electron chi connectivity index (χ1n) is 6.43. The highest BCUT2D eigenvalue weighted by Gasteiger charge is 2.09. The second-order valence-electron chi connectivity index (χ2n) is 4.37. The van der Waals surface area contributed by atoms with Crippen LogP contribution in [0.4, 0.5) is 15.6 Å². The maximum atomic E-state index is 11.9. The summed E-state index contributed by atoms with van der Waals surface area (Å²) in [4.78, 5) is 11.9. The fraction of sp³-hybridized carbons (Fsp3) is 0. The molecule has 0 unspecified atom stereocenters. The predicted octanol–water partition coefficient (Wildman–Crippen LogP) is 4.50. The zero-order valence-corrected chi connectivity index (χ0v) is 12.9. The third kappa shape index (κ3) is 3.60. The van der Waals surface area contributed by atoms with E-state index in [0.29, 0.717) is 15.8 Å². The Morgan fingerprint density at radius 1 is 1.00 bits per heavy atom. The Bertz CT molecular complexity index is 791. The summed E-state index contributed by atoms with van der Waals surface area (Å²) in [6, 6.07) is 16.2. The van der Waals surface area contributed by atoms with Gasteiger partial charge < -0.3 is 5.32 Å². The lowest BCUT2D eigenvalue weighted by Crippen LogP contribution is -2.19. The maximum absolute atomic E-state index is 11.9. The molecule has 2 amide bonds. The molecule has 110 valence electrons. The van der Waals surface area contributed by atoms with Gasteiger partial charge in [-0.1, -0.05) is 59.3 Å². The van der Waals surface area contributed by atoms with Crippen molar-refractivity contribution in [2.24, 2.45) is 0 Å². The van der Waals surface area contributed by atoms with Crippen molar-refractivity contribution in [2.75, 3.05) is 10.6 Å². The summed E-state index contributed by atoms with van der Waals surface area (Å²) in [5.41, 5.74) is 1.57. The molecule has 5 nitrogen and oxygen atoms in total. The summed E-state index contributed by atoms with van der Waals surface area (Å²) in [5.74, 6) is 0. The van der Waals surface area contributed by atoms with E-state index in [-0.39, 0.29) is 0 Å². The fourth-order valence-electron chi connectivity index (χ4n) is 1.80. The van der Waals surface area contributed by atoms with Crippen LogP contribution in [-0.4, -0.2) is 16.2 Å². The van der Waals surface area contributed by atoms with Crippen molar-refractivity contribution in [2.45, 2.75) is 0 Å². The first kappa shape index (κ1) is 14.5. The van der Waals surface area contributed by atoms with Crippen molar-refractivity contribution in [3.8, 4) is 10.6 Å². The fourth-order valence-corrected chi connectivity index (χ4v) is 2.73. The lowest BCUT2D eigenvalue weighted by atomic mass is 10.2. The number of rotatable bonds is 3. The number of nitrogens with one attached hydrogen (secondary N) is 2. The quantitative estimate of drug-likeness (QED) is 0.742. The topological polar surface area (TPSA) is 66.9 Å². The van der Waals surface area contributed by atoms with Gasteiger partial charge in [-0.3, -0.25) is 5.32 Å². The Morgan fingerprint density at radius 2 is 1.82 bits per heavy atom.